The predicted molar refractivity (Wildman–Crippen MR) is 70.9 cm³/mol. The van der Waals surface area contributed by atoms with Gasteiger partial charge in [0.15, 0.2) is 0 Å². The van der Waals surface area contributed by atoms with Crippen molar-refractivity contribution >= 4 is 16.2 Å². The normalized spacial score (nSPS) is 26.9. The van der Waals surface area contributed by atoms with E-state index >= 15 is 0 Å². The maximum atomic E-state index is 12.5. The lowest BCUT2D eigenvalue weighted by Crippen LogP contribution is -2.50. The standard InChI is InChI=1S/C12H22N2O4S/c1-13(10-6-3-2-4-7-10)19(17,18)14-9-5-8-11(14)12(15)16/h10-11H,2-9H2,1H3,(H,15,16)/t11-/m0/s1. The number of hydrogen-bond donors (Lipinski definition) is 1. The molecule has 1 N–H and O–H groups in total. The summed E-state index contributed by atoms with van der Waals surface area (Å²) in [5.41, 5.74) is 0. The van der Waals surface area contributed by atoms with E-state index in [9.17, 15) is 13.2 Å². The molecule has 1 saturated carbocycles. The fraction of sp³-hybridized carbons (Fsp3) is 0.917. The molecule has 0 spiro atoms. The van der Waals surface area contributed by atoms with Gasteiger partial charge in [-0.2, -0.15) is 17.0 Å². The summed E-state index contributed by atoms with van der Waals surface area (Å²) >= 11 is 0. The van der Waals surface area contributed by atoms with Crippen molar-refractivity contribution in [1.82, 2.24) is 8.61 Å². The molecule has 2 aliphatic rings. The van der Waals surface area contributed by atoms with Crippen molar-refractivity contribution in [2.75, 3.05) is 13.6 Å². The molecule has 7 heteroatoms. The first-order valence-electron chi connectivity index (χ1n) is 6.92. The van der Waals surface area contributed by atoms with E-state index in [1.165, 1.54) is 4.31 Å². The van der Waals surface area contributed by atoms with Crippen LogP contribution in [-0.4, -0.2) is 53.8 Å². The quantitative estimate of drug-likeness (QED) is 0.839. The van der Waals surface area contributed by atoms with E-state index in [0.717, 1.165) is 36.4 Å². The molecule has 0 aromatic carbocycles. The molecular formula is C12H22N2O4S. The van der Waals surface area contributed by atoms with Crippen LogP contribution in [0.15, 0.2) is 0 Å². The average molecular weight is 290 g/mol. The van der Waals surface area contributed by atoms with Crippen molar-refractivity contribution < 1.29 is 18.3 Å². The molecule has 19 heavy (non-hydrogen) atoms. The number of carboxylic acids is 1. The minimum Gasteiger partial charge on any atom is -0.480 e. The van der Waals surface area contributed by atoms with Gasteiger partial charge in [0, 0.05) is 19.6 Å². The molecule has 0 radical (unpaired) electrons. The lowest BCUT2D eigenvalue weighted by atomic mass is 9.96. The molecule has 0 unspecified atom stereocenters. The van der Waals surface area contributed by atoms with Gasteiger partial charge in [0.1, 0.15) is 6.04 Å². The van der Waals surface area contributed by atoms with E-state index in [4.69, 9.17) is 5.11 Å². The molecule has 1 heterocycles. The summed E-state index contributed by atoms with van der Waals surface area (Å²) in [6.45, 7) is 0.316. The maximum Gasteiger partial charge on any atom is 0.322 e. The maximum absolute atomic E-state index is 12.5. The van der Waals surface area contributed by atoms with E-state index in [1.807, 2.05) is 0 Å². The summed E-state index contributed by atoms with van der Waals surface area (Å²) in [6, 6.07) is -0.871. The van der Waals surface area contributed by atoms with Crippen molar-refractivity contribution in [3.63, 3.8) is 0 Å². The summed E-state index contributed by atoms with van der Waals surface area (Å²) in [5, 5.41) is 9.11. The second kappa shape index (κ2) is 5.76. The molecule has 0 amide bonds. The number of carboxylic acid groups (broad SMARTS) is 1. The molecule has 6 nitrogen and oxygen atoms in total. The zero-order valence-corrected chi connectivity index (χ0v) is 12.1. The van der Waals surface area contributed by atoms with Crippen LogP contribution in [0.1, 0.15) is 44.9 Å². The van der Waals surface area contributed by atoms with Crippen molar-refractivity contribution in [2.45, 2.75) is 57.0 Å². The summed E-state index contributed by atoms with van der Waals surface area (Å²) in [5.74, 6) is -1.04. The molecule has 1 atom stereocenters. The van der Waals surface area contributed by atoms with Gasteiger partial charge >= 0.3 is 5.97 Å². The van der Waals surface area contributed by atoms with Gasteiger partial charge in [0.2, 0.25) is 0 Å². The van der Waals surface area contributed by atoms with Crippen molar-refractivity contribution in [1.29, 1.82) is 0 Å². The Morgan fingerprint density at radius 1 is 1.16 bits per heavy atom. The number of hydrogen-bond acceptors (Lipinski definition) is 3. The predicted octanol–water partition coefficient (Wildman–Crippen LogP) is 1.04. The Labute approximate surface area is 114 Å². The van der Waals surface area contributed by atoms with Gasteiger partial charge in [0.05, 0.1) is 0 Å². The fourth-order valence-electron chi connectivity index (χ4n) is 3.06. The zero-order valence-electron chi connectivity index (χ0n) is 11.3. The van der Waals surface area contributed by atoms with Crippen LogP contribution in [0.5, 0.6) is 0 Å². The van der Waals surface area contributed by atoms with Gasteiger partial charge in [-0.25, -0.2) is 0 Å². The molecule has 2 fully saturated rings. The van der Waals surface area contributed by atoms with Crippen LogP contribution < -0.4 is 0 Å². The molecule has 1 saturated heterocycles. The molecule has 2 rings (SSSR count). The molecule has 110 valence electrons. The second-order valence-electron chi connectivity index (χ2n) is 5.42. The molecular weight excluding hydrogens is 268 g/mol. The molecule has 1 aliphatic carbocycles. The van der Waals surface area contributed by atoms with Crippen LogP contribution in [0.2, 0.25) is 0 Å². The van der Waals surface area contributed by atoms with Crippen LogP contribution in [0.4, 0.5) is 0 Å². The highest BCUT2D eigenvalue weighted by molar-refractivity contribution is 7.86. The van der Waals surface area contributed by atoms with Crippen molar-refractivity contribution in [2.24, 2.45) is 0 Å². The molecule has 0 aromatic heterocycles. The summed E-state index contributed by atoms with van der Waals surface area (Å²) < 4.78 is 27.6. The third kappa shape index (κ3) is 2.93. The number of rotatable bonds is 4. The molecule has 0 bridgehead atoms. The lowest BCUT2D eigenvalue weighted by Gasteiger charge is -2.34. The smallest absolute Gasteiger partial charge is 0.322 e. The zero-order chi connectivity index (χ0) is 14.0. The highest BCUT2D eigenvalue weighted by Gasteiger charge is 2.42. The number of carbonyl (C=O) groups is 1. The van der Waals surface area contributed by atoms with Gasteiger partial charge in [0.25, 0.3) is 10.2 Å². The summed E-state index contributed by atoms with van der Waals surface area (Å²) in [6.07, 6.45) is 6.04. The second-order valence-corrected chi connectivity index (χ2v) is 7.36. The fourth-order valence-corrected chi connectivity index (χ4v) is 4.86. The SMILES string of the molecule is CN(C1CCCCC1)S(=O)(=O)N1CCC[C@H]1C(=O)O. The van der Waals surface area contributed by atoms with E-state index in [-0.39, 0.29) is 6.04 Å². The summed E-state index contributed by atoms with van der Waals surface area (Å²) in [4.78, 5) is 11.1. The van der Waals surface area contributed by atoms with Gasteiger partial charge in [-0.3, -0.25) is 4.79 Å². The van der Waals surface area contributed by atoms with Gasteiger partial charge in [-0.15, -0.1) is 0 Å². The largest absolute Gasteiger partial charge is 0.480 e. The Morgan fingerprint density at radius 2 is 1.79 bits per heavy atom. The van der Waals surface area contributed by atoms with E-state index in [2.05, 4.69) is 0 Å². The first-order chi connectivity index (χ1) is 8.94. The first kappa shape index (κ1) is 14.7. The topological polar surface area (TPSA) is 77.9 Å². The third-order valence-corrected chi connectivity index (χ3v) is 6.29. The Balaban J connectivity index is 2.14. The monoisotopic (exact) mass is 290 g/mol. The Kier molecular flexibility index (Phi) is 4.47. The molecule has 1 aliphatic heterocycles. The Bertz CT molecular complexity index is 431. The van der Waals surface area contributed by atoms with Gasteiger partial charge in [-0.05, 0) is 25.7 Å². The van der Waals surface area contributed by atoms with E-state index in [0.29, 0.717) is 19.4 Å². The van der Waals surface area contributed by atoms with Crippen LogP contribution in [-0.2, 0) is 15.0 Å². The Hall–Kier alpha value is -0.660. The van der Waals surface area contributed by atoms with Crippen LogP contribution in [0.3, 0.4) is 0 Å². The van der Waals surface area contributed by atoms with Crippen molar-refractivity contribution in [3.8, 4) is 0 Å². The Morgan fingerprint density at radius 3 is 2.37 bits per heavy atom. The van der Waals surface area contributed by atoms with Gasteiger partial charge in [-0.1, -0.05) is 19.3 Å². The highest BCUT2D eigenvalue weighted by atomic mass is 32.2. The van der Waals surface area contributed by atoms with Crippen LogP contribution in [0.25, 0.3) is 0 Å². The lowest BCUT2D eigenvalue weighted by molar-refractivity contribution is -0.140. The first-order valence-corrected chi connectivity index (χ1v) is 8.32. The van der Waals surface area contributed by atoms with Crippen molar-refractivity contribution in [3.05, 3.63) is 0 Å². The number of aliphatic carboxylic acids is 1. The minimum atomic E-state index is -3.65. The highest BCUT2D eigenvalue weighted by Crippen LogP contribution is 2.28. The van der Waals surface area contributed by atoms with E-state index in [1.54, 1.807) is 7.05 Å². The third-order valence-electron chi connectivity index (χ3n) is 4.24. The van der Waals surface area contributed by atoms with E-state index < -0.39 is 22.2 Å². The van der Waals surface area contributed by atoms with Crippen LogP contribution >= 0.6 is 0 Å². The number of nitrogens with zero attached hydrogens (tertiary/aromatic N) is 2. The van der Waals surface area contributed by atoms with Crippen LogP contribution in [0, 0.1) is 0 Å². The average Bonchev–Trinajstić information content (AvgIpc) is 2.89. The summed E-state index contributed by atoms with van der Waals surface area (Å²) in [7, 11) is -2.06. The minimum absolute atomic E-state index is 0.0220. The molecule has 0 aromatic rings. The van der Waals surface area contributed by atoms with Gasteiger partial charge < -0.3 is 5.11 Å².